The number of hydrogen-bond acceptors (Lipinski definition) is 2. The maximum absolute atomic E-state index is 12.8. The zero-order valence-electron chi connectivity index (χ0n) is 20.2. The number of benzene rings is 2. The summed E-state index contributed by atoms with van der Waals surface area (Å²) in [6.45, 7) is 14.2. The highest BCUT2D eigenvalue weighted by molar-refractivity contribution is 5.95. The molecule has 0 radical (unpaired) electrons. The predicted octanol–water partition coefficient (Wildman–Crippen LogP) is 7.90. The lowest BCUT2D eigenvalue weighted by Crippen LogP contribution is -2.26. The van der Waals surface area contributed by atoms with Crippen molar-refractivity contribution < 1.29 is 9.53 Å². The van der Waals surface area contributed by atoms with Gasteiger partial charge in [-0.15, -0.1) is 0 Å². The Kier molecular flexibility index (Phi) is 6.60. The van der Waals surface area contributed by atoms with Crippen LogP contribution in [0.3, 0.4) is 0 Å². The third-order valence-corrected chi connectivity index (χ3v) is 6.50. The van der Waals surface area contributed by atoms with Crippen molar-refractivity contribution in [2.45, 2.75) is 70.9 Å². The van der Waals surface area contributed by atoms with Crippen LogP contribution in [0.4, 0.5) is 0 Å². The van der Waals surface area contributed by atoms with Gasteiger partial charge in [-0.2, -0.15) is 0 Å². The number of fused-ring (bicyclic) bond motifs is 1. The van der Waals surface area contributed by atoms with Crippen LogP contribution in [0.5, 0.6) is 0 Å². The Labute approximate surface area is 197 Å². The van der Waals surface area contributed by atoms with Crippen LogP contribution in [0.15, 0.2) is 67.3 Å². The van der Waals surface area contributed by atoms with Crippen molar-refractivity contribution in [2.75, 3.05) is 0 Å². The van der Waals surface area contributed by atoms with Gasteiger partial charge in [-0.1, -0.05) is 81.0 Å². The largest absolute Gasteiger partial charge is 0.457 e. The molecule has 1 aliphatic rings. The minimum absolute atomic E-state index is 0.345. The zero-order chi connectivity index (χ0) is 23.6. The Morgan fingerprint density at radius 2 is 1.73 bits per heavy atom. The van der Waals surface area contributed by atoms with E-state index in [1.807, 2.05) is 32.9 Å². The molecule has 1 saturated carbocycles. The quantitative estimate of drug-likeness (QED) is 0.287. The highest BCUT2D eigenvalue weighted by Gasteiger charge is 2.28. The fraction of sp³-hybridized carbons (Fsp3) is 0.367. The van der Waals surface area contributed by atoms with E-state index in [1.165, 1.54) is 48.7 Å². The molecule has 0 bridgehead atoms. The molecule has 3 aromatic rings. The highest BCUT2D eigenvalue weighted by atomic mass is 16.6. The number of ether oxygens (including phenoxy) is 1. The molecule has 2 aromatic carbocycles. The average Bonchev–Trinajstić information content (AvgIpc) is 3.12. The first kappa shape index (κ1) is 23.1. The molecule has 0 spiro atoms. The summed E-state index contributed by atoms with van der Waals surface area (Å²) >= 11 is 0. The van der Waals surface area contributed by atoms with Gasteiger partial charge < -0.3 is 9.30 Å². The van der Waals surface area contributed by atoms with Gasteiger partial charge in [0, 0.05) is 22.0 Å². The second-order valence-corrected chi connectivity index (χ2v) is 10.1. The number of nitrogens with zero attached hydrogens (tertiary/aromatic N) is 1. The van der Waals surface area contributed by atoms with Gasteiger partial charge in [-0.25, -0.2) is 4.79 Å². The fourth-order valence-corrected chi connectivity index (χ4v) is 5.09. The van der Waals surface area contributed by atoms with Crippen LogP contribution < -0.4 is 0 Å². The topological polar surface area (TPSA) is 31.2 Å². The van der Waals surface area contributed by atoms with Crippen LogP contribution in [-0.4, -0.2) is 16.1 Å². The molecule has 1 aliphatic carbocycles. The predicted molar refractivity (Wildman–Crippen MR) is 138 cm³/mol. The van der Waals surface area contributed by atoms with Crippen molar-refractivity contribution in [2.24, 2.45) is 0 Å². The number of carbonyl (C=O) groups is 1. The van der Waals surface area contributed by atoms with Gasteiger partial charge in [-0.3, -0.25) is 0 Å². The van der Waals surface area contributed by atoms with Crippen LogP contribution in [0.2, 0.25) is 0 Å². The van der Waals surface area contributed by atoms with Crippen LogP contribution in [0, 0.1) is 0 Å². The Bertz CT molecular complexity index is 1190. The minimum atomic E-state index is -0.551. The van der Waals surface area contributed by atoms with Crippen LogP contribution in [-0.2, 0) is 16.1 Å². The molecule has 172 valence electrons. The molecule has 0 saturated heterocycles. The molecule has 0 amide bonds. The first-order valence-electron chi connectivity index (χ1n) is 12.0. The molecule has 1 aromatic heterocycles. The summed E-state index contributed by atoms with van der Waals surface area (Å²) in [6, 6.07) is 17.0. The Hall–Kier alpha value is -3.07. The van der Waals surface area contributed by atoms with Gasteiger partial charge in [-0.05, 0) is 56.7 Å². The Morgan fingerprint density at radius 3 is 2.42 bits per heavy atom. The third-order valence-electron chi connectivity index (χ3n) is 6.50. The molecule has 0 atom stereocenters. The Morgan fingerprint density at radius 1 is 1.06 bits per heavy atom. The molecule has 4 rings (SSSR count). The maximum Gasteiger partial charge on any atom is 0.335 e. The summed E-state index contributed by atoms with van der Waals surface area (Å²) < 4.78 is 7.90. The second-order valence-electron chi connectivity index (χ2n) is 10.1. The molecule has 1 heterocycles. The molecule has 0 unspecified atom stereocenters. The van der Waals surface area contributed by atoms with Gasteiger partial charge >= 0.3 is 5.97 Å². The van der Waals surface area contributed by atoms with Crippen LogP contribution in [0.25, 0.3) is 28.2 Å². The van der Waals surface area contributed by atoms with Crippen LogP contribution >= 0.6 is 0 Å². The average molecular weight is 442 g/mol. The van der Waals surface area contributed by atoms with E-state index in [9.17, 15) is 4.79 Å². The number of hydrogen-bond donors (Lipinski definition) is 0. The molecule has 0 N–H and O–H groups in total. The second kappa shape index (κ2) is 9.43. The number of rotatable bonds is 6. The van der Waals surface area contributed by atoms with Crippen molar-refractivity contribution in [3.8, 4) is 11.3 Å². The fourth-order valence-electron chi connectivity index (χ4n) is 5.09. The summed E-state index contributed by atoms with van der Waals surface area (Å²) in [5.74, 6) is 0.162. The summed E-state index contributed by atoms with van der Waals surface area (Å²) in [5, 5.41) is 1.27. The summed E-state index contributed by atoms with van der Waals surface area (Å²) in [7, 11) is 0. The monoisotopic (exact) mass is 441 g/mol. The van der Waals surface area contributed by atoms with Crippen molar-refractivity contribution >= 4 is 22.9 Å². The molecule has 3 heteroatoms. The molecule has 3 nitrogen and oxygen atoms in total. The summed E-state index contributed by atoms with van der Waals surface area (Å²) in [6.07, 6.45) is 8.15. The summed E-state index contributed by atoms with van der Waals surface area (Å²) in [4.78, 5) is 12.8. The smallest absolute Gasteiger partial charge is 0.335 e. The number of esters is 1. The first-order valence-corrected chi connectivity index (χ1v) is 12.0. The van der Waals surface area contributed by atoms with E-state index in [1.54, 1.807) is 0 Å². The number of carbonyl (C=O) groups excluding carboxylic acids is 1. The van der Waals surface area contributed by atoms with Gasteiger partial charge in [0.25, 0.3) is 0 Å². The Balaban J connectivity index is 1.92. The highest BCUT2D eigenvalue weighted by Crippen LogP contribution is 2.45. The SMILES string of the molecule is C=Cc1ccccc1-c1c(C2CCCCC2)c2ccccc2n1CC(=C)C(=O)OC(C)(C)C. The van der Waals surface area contributed by atoms with Gasteiger partial charge in [0.1, 0.15) is 5.60 Å². The molecule has 1 fully saturated rings. The van der Waals surface area contributed by atoms with E-state index in [0.29, 0.717) is 18.0 Å². The van der Waals surface area contributed by atoms with Crippen LogP contribution in [0.1, 0.15) is 69.9 Å². The number of para-hydroxylation sites is 1. The van der Waals surface area contributed by atoms with E-state index in [-0.39, 0.29) is 5.97 Å². The lowest BCUT2D eigenvalue weighted by molar-refractivity contribution is -0.150. The van der Waals surface area contributed by atoms with E-state index in [0.717, 1.165) is 16.6 Å². The van der Waals surface area contributed by atoms with E-state index in [4.69, 9.17) is 4.74 Å². The van der Waals surface area contributed by atoms with E-state index in [2.05, 4.69) is 60.2 Å². The van der Waals surface area contributed by atoms with E-state index < -0.39 is 5.60 Å². The summed E-state index contributed by atoms with van der Waals surface area (Å²) in [5.41, 5.74) is 5.88. The minimum Gasteiger partial charge on any atom is -0.457 e. The van der Waals surface area contributed by atoms with Crippen molar-refractivity contribution in [3.05, 3.63) is 78.4 Å². The maximum atomic E-state index is 12.8. The standard InChI is InChI=1S/C30H35NO2/c1-6-22-14-10-11-17-24(22)28-27(23-15-8-7-9-16-23)25-18-12-13-19-26(25)31(28)20-21(2)29(32)33-30(3,4)5/h6,10-14,17-19,23H,1-2,7-9,15-16,20H2,3-5H3. The number of aromatic nitrogens is 1. The third kappa shape index (κ3) is 4.83. The molecular weight excluding hydrogens is 406 g/mol. The molecule has 0 aliphatic heterocycles. The first-order chi connectivity index (χ1) is 15.8. The molecule has 33 heavy (non-hydrogen) atoms. The normalized spacial score (nSPS) is 14.9. The van der Waals surface area contributed by atoms with E-state index >= 15 is 0 Å². The molecular formula is C30H35NO2. The lowest BCUT2D eigenvalue weighted by Gasteiger charge is -2.24. The van der Waals surface area contributed by atoms with Gasteiger partial charge in [0.05, 0.1) is 12.2 Å². The van der Waals surface area contributed by atoms with Gasteiger partial charge in [0.15, 0.2) is 0 Å². The van der Waals surface area contributed by atoms with Crippen molar-refractivity contribution in [1.29, 1.82) is 0 Å². The van der Waals surface area contributed by atoms with Gasteiger partial charge in [0.2, 0.25) is 0 Å². The lowest BCUT2D eigenvalue weighted by atomic mass is 9.81. The van der Waals surface area contributed by atoms with Crippen molar-refractivity contribution in [1.82, 2.24) is 4.57 Å². The zero-order valence-corrected chi connectivity index (χ0v) is 20.2. The van der Waals surface area contributed by atoms with Crippen molar-refractivity contribution in [3.63, 3.8) is 0 Å².